The number of thioether (sulfide) groups is 1. The Kier molecular flexibility index (Phi) is 4.43. The van der Waals surface area contributed by atoms with Gasteiger partial charge in [0.1, 0.15) is 0 Å². The molecule has 0 fully saturated rings. The van der Waals surface area contributed by atoms with Gasteiger partial charge in [-0.3, -0.25) is 4.98 Å². The Bertz CT molecular complexity index is 352. The molecule has 0 amide bonds. The van der Waals surface area contributed by atoms with Gasteiger partial charge in [-0.15, -0.1) is 6.58 Å². The maximum Gasteiger partial charge on any atom is 0.0605 e. The Balaban J connectivity index is 1.78. The third-order valence-corrected chi connectivity index (χ3v) is 3.80. The molecule has 0 bridgehead atoms. The molecule has 2 rings (SSSR count). The SMILES string of the molecule is C=CCSCCNC1CCc2cccnc21. The minimum Gasteiger partial charge on any atom is -0.308 e. The van der Waals surface area contributed by atoms with Crippen LogP contribution in [0.25, 0.3) is 0 Å². The molecule has 0 saturated carbocycles. The van der Waals surface area contributed by atoms with Gasteiger partial charge in [0.15, 0.2) is 0 Å². The molecule has 1 aromatic heterocycles. The van der Waals surface area contributed by atoms with Crippen LogP contribution in [0.3, 0.4) is 0 Å². The van der Waals surface area contributed by atoms with Crippen LogP contribution in [-0.4, -0.2) is 23.0 Å². The van der Waals surface area contributed by atoms with Crippen molar-refractivity contribution in [2.24, 2.45) is 0 Å². The maximum absolute atomic E-state index is 4.47. The summed E-state index contributed by atoms with van der Waals surface area (Å²) in [5.41, 5.74) is 2.68. The van der Waals surface area contributed by atoms with Crippen LogP contribution in [0.4, 0.5) is 0 Å². The third kappa shape index (κ3) is 2.86. The number of fused-ring (bicyclic) bond motifs is 1. The van der Waals surface area contributed by atoms with E-state index in [0.29, 0.717) is 6.04 Å². The van der Waals surface area contributed by atoms with Crippen molar-refractivity contribution in [2.75, 3.05) is 18.1 Å². The largest absolute Gasteiger partial charge is 0.308 e. The standard InChI is InChI=1S/C13H18N2S/c1-2-9-16-10-8-14-12-6-5-11-4-3-7-15-13(11)12/h2-4,7,12,14H,1,5-6,8-10H2. The zero-order valence-electron chi connectivity index (χ0n) is 9.48. The van der Waals surface area contributed by atoms with Crippen LogP contribution in [-0.2, 0) is 6.42 Å². The van der Waals surface area contributed by atoms with E-state index in [0.717, 1.165) is 18.1 Å². The van der Waals surface area contributed by atoms with Gasteiger partial charge in [-0.1, -0.05) is 12.1 Å². The highest BCUT2D eigenvalue weighted by atomic mass is 32.2. The molecular weight excluding hydrogens is 216 g/mol. The molecule has 1 aliphatic rings. The molecule has 1 aliphatic carbocycles. The summed E-state index contributed by atoms with van der Waals surface area (Å²) < 4.78 is 0. The molecule has 16 heavy (non-hydrogen) atoms. The van der Waals surface area contributed by atoms with Crippen LogP contribution >= 0.6 is 11.8 Å². The lowest BCUT2D eigenvalue weighted by atomic mass is 10.2. The number of nitrogens with zero attached hydrogens (tertiary/aromatic N) is 1. The average Bonchev–Trinajstić information content (AvgIpc) is 2.73. The van der Waals surface area contributed by atoms with Crippen LogP contribution in [0.1, 0.15) is 23.7 Å². The molecule has 1 heterocycles. The van der Waals surface area contributed by atoms with Crippen molar-refractivity contribution in [3.8, 4) is 0 Å². The molecule has 0 spiro atoms. The number of aromatic nitrogens is 1. The van der Waals surface area contributed by atoms with Gasteiger partial charge in [0, 0.05) is 24.2 Å². The number of nitrogens with one attached hydrogen (secondary N) is 1. The van der Waals surface area contributed by atoms with Crippen molar-refractivity contribution in [1.82, 2.24) is 10.3 Å². The van der Waals surface area contributed by atoms with E-state index >= 15 is 0 Å². The molecule has 1 aromatic rings. The van der Waals surface area contributed by atoms with Crippen LogP contribution < -0.4 is 5.32 Å². The first kappa shape index (κ1) is 11.7. The predicted octanol–water partition coefficient (Wildman–Crippen LogP) is 2.58. The van der Waals surface area contributed by atoms with E-state index in [9.17, 15) is 0 Å². The summed E-state index contributed by atoms with van der Waals surface area (Å²) in [5, 5.41) is 3.58. The Morgan fingerprint density at radius 2 is 2.56 bits per heavy atom. The van der Waals surface area contributed by atoms with Gasteiger partial charge >= 0.3 is 0 Å². The van der Waals surface area contributed by atoms with Crippen LogP contribution in [0.2, 0.25) is 0 Å². The predicted molar refractivity (Wildman–Crippen MR) is 70.8 cm³/mol. The van der Waals surface area contributed by atoms with Crippen molar-refractivity contribution in [3.05, 3.63) is 42.2 Å². The number of hydrogen-bond acceptors (Lipinski definition) is 3. The lowest BCUT2D eigenvalue weighted by Gasteiger charge is -2.12. The summed E-state index contributed by atoms with van der Waals surface area (Å²) in [6.07, 6.45) is 6.21. The van der Waals surface area contributed by atoms with Crippen molar-refractivity contribution in [2.45, 2.75) is 18.9 Å². The molecule has 0 saturated heterocycles. The molecule has 1 unspecified atom stereocenters. The fourth-order valence-corrected chi connectivity index (χ4v) is 2.68. The Morgan fingerprint density at radius 3 is 3.44 bits per heavy atom. The van der Waals surface area contributed by atoms with E-state index in [1.54, 1.807) is 0 Å². The highest BCUT2D eigenvalue weighted by Crippen LogP contribution is 2.28. The average molecular weight is 234 g/mol. The minimum absolute atomic E-state index is 0.473. The van der Waals surface area contributed by atoms with Gasteiger partial charge in [0.2, 0.25) is 0 Å². The quantitative estimate of drug-likeness (QED) is 0.605. The number of aryl methyl sites for hydroxylation is 1. The molecule has 2 nitrogen and oxygen atoms in total. The van der Waals surface area contributed by atoms with Gasteiger partial charge in [-0.25, -0.2) is 0 Å². The van der Waals surface area contributed by atoms with Gasteiger partial charge in [-0.2, -0.15) is 11.8 Å². The smallest absolute Gasteiger partial charge is 0.0605 e. The second kappa shape index (κ2) is 6.06. The second-order valence-corrected chi connectivity index (χ2v) is 5.11. The Morgan fingerprint density at radius 1 is 1.62 bits per heavy atom. The fraction of sp³-hybridized carbons (Fsp3) is 0.462. The topological polar surface area (TPSA) is 24.9 Å². The molecule has 86 valence electrons. The summed E-state index contributed by atoms with van der Waals surface area (Å²) >= 11 is 1.92. The van der Waals surface area contributed by atoms with Gasteiger partial charge in [-0.05, 0) is 24.5 Å². The van der Waals surface area contributed by atoms with E-state index in [1.807, 2.05) is 30.1 Å². The minimum atomic E-state index is 0.473. The highest BCUT2D eigenvalue weighted by molar-refractivity contribution is 7.99. The van der Waals surface area contributed by atoms with Crippen LogP contribution in [0, 0.1) is 0 Å². The summed E-state index contributed by atoms with van der Waals surface area (Å²) in [6.45, 7) is 4.77. The summed E-state index contributed by atoms with van der Waals surface area (Å²) in [5.74, 6) is 2.19. The van der Waals surface area contributed by atoms with Crippen LogP contribution in [0.15, 0.2) is 31.0 Å². The molecule has 3 heteroatoms. The van der Waals surface area contributed by atoms with Crippen molar-refractivity contribution in [1.29, 1.82) is 0 Å². The molecule has 1 N–H and O–H groups in total. The highest BCUT2D eigenvalue weighted by Gasteiger charge is 2.22. The first-order chi connectivity index (χ1) is 7.92. The lowest BCUT2D eigenvalue weighted by molar-refractivity contribution is 0.542. The monoisotopic (exact) mass is 234 g/mol. The first-order valence-electron chi connectivity index (χ1n) is 5.77. The number of rotatable bonds is 6. The molecule has 0 radical (unpaired) electrons. The van der Waals surface area contributed by atoms with Crippen molar-refractivity contribution >= 4 is 11.8 Å². The van der Waals surface area contributed by atoms with E-state index in [2.05, 4.69) is 22.9 Å². The number of pyridine rings is 1. The third-order valence-electron chi connectivity index (χ3n) is 2.83. The van der Waals surface area contributed by atoms with Gasteiger partial charge in [0.25, 0.3) is 0 Å². The molecule has 1 atom stereocenters. The van der Waals surface area contributed by atoms with Gasteiger partial charge < -0.3 is 5.32 Å². The Labute approximate surface area is 102 Å². The van der Waals surface area contributed by atoms with E-state index in [1.165, 1.54) is 24.1 Å². The number of hydrogen-bond donors (Lipinski definition) is 1. The van der Waals surface area contributed by atoms with E-state index in [4.69, 9.17) is 0 Å². The second-order valence-electron chi connectivity index (χ2n) is 3.96. The van der Waals surface area contributed by atoms with Crippen molar-refractivity contribution in [3.63, 3.8) is 0 Å². The lowest BCUT2D eigenvalue weighted by Crippen LogP contribution is -2.22. The molecule has 0 aromatic carbocycles. The van der Waals surface area contributed by atoms with Crippen molar-refractivity contribution < 1.29 is 0 Å². The molecule has 0 aliphatic heterocycles. The summed E-state index contributed by atoms with van der Waals surface area (Å²) in [6, 6.07) is 4.69. The Hall–Kier alpha value is -0.800. The van der Waals surface area contributed by atoms with E-state index < -0.39 is 0 Å². The zero-order valence-corrected chi connectivity index (χ0v) is 10.3. The first-order valence-corrected chi connectivity index (χ1v) is 6.93. The zero-order chi connectivity index (χ0) is 11.2. The van der Waals surface area contributed by atoms with Gasteiger partial charge in [0.05, 0.1) is 11.7 Å². The maximum atomic E-state index is 4.47. The van der Waals surface area contributed by atoms with E-state index in [-0.39, 0.29) is 0 Å². The molecular formula is C13H18N2S. The summed E-state index contributed by atoms with van der Waals surface area (Å²) in [7, 11) is 0. The normalized spacial score (nSPS) is 18.4. The van der Waals surface area contributed by atoms with Crippen LogP contribution in [0.5, 0.6) is 0 Å². The fourth-order valence-electron chi connectivity index (χ4n) is 2.08. The summed E-state index contributed by atoms with van der Waals surface area (Å²) in [4.78, 5) is 4.47.